The van der Waals surface area contributed by atoms with E-state index >= 15 is 0 Å². The minimum absolute atomic E-state index is 0.0433. The van der Waals surface area contributed by atoms with Gasteiger partial charge < -0.3 is 16.2 Å². The van der Waals surface area contributed by atoms with Crippen molar-refractivity contribution >= 4 is 5.91 Å². The molecule has 0 saturated carbocycles. The van der Waals surface area contributed by atoms with E-state index in [1.807, 2.05) is 6.92 Å². The topological polar surface area (TPSA) is 75.3 Å². The first-order valence-electron chi connectivity index (χ1n) is 4.12. The van der Waals surface area contributed by atoms with Crippen LogP contribution < -0.4 is 11.1 Å². The van der Waals surface area contributed by atoms with Crippen LogP contribution in [0.1, 0.15) is 27.2 Å². The quantitative estimate of drug-likeness (QED) is 0.543. The molecule has 12 heavy (non-hydrogen) atoms. The van der Waals surface area contributed by atoms with Gasteiger partial charge in [0.2, 0.25) is 5.91 Å². The number of hydrogen-bond acceptors (Lipinski definition) is 3. The standard InChI is InChI=1S/C8H18N2O2/c1-4-6(5-11)10-7(12)8(2,3)9/h6,11H,4-5,9H2,1-3H3,(H,10,12)/t6-/m1/s1. The van der Waals surface area contributed by atoms with E-state index in [1.165, 1.54) is 0 Å². The molecule has 0 aromatic heterocycles. The fourth-order valence-corrected chi connectivity index (χ4v) is 0.648. The molecule has 4 N–H and O–H groups in total. The molecule has 1 atom stereocenters. The molecule has 4 nitrogen and oxygen atoms in total. The highest BCUT2D eigenvalue weighted by Gasteiger charge is 2.23. The van der Waals surface area contributed by atoms with Crippen molar-refractivity contribution in [2.75, 3.05) is 6.61 Å². The lowest BCUT2D eigenvalue weighted by atomic mass is 10.1. The van der Waals surface area contributed by atoms with Gasteiger partial charge in [-0.05, 0) is 20.3 Å². The van der Waals surface area contributed by atoms with Crippen molar-refractivity contribution in [3.63, 3.8) is 0 Å². The maximum absolute atomic E-state index is 11.2. The Morgan fingerprint density at radius 2 is 2.17 bits per heavy atom. The van der Waals surface area contributed by atoms with Crippen LogP contribution in [-0.2, 0) is 4.79 Å². The zero-order chi connectivity index (χ0) is 9.78. The molecule has 4 heteroatoms. The molecule has 72 valence electrons. The molecular weight excluding hydrogens is 156 g/mol. The van der Waals surface area contributed by atoms with E-state index in [0.29, 0.717) is 6.42 Å². The van der Waals surface area contributed by atoms with Crippen LogP contribution in [-0.4, -0.2) is 29.2 Å². The van der Waals surface area contributed by atoms with E-state index in [1.54, 1.807) is 13.8 Å². The highest BCUT2D eigenvalue weighted by atomic mass is 16.3. The van der Waals surface area contributed by atoms with Gasteiger partial charge in [0.25, 0.3) is 0 Å². The third-order valence-electron chi connectivity index (χ3n) is 1.63. The second-order valence-corrected chi connectivity index (χ2v) is 3.48. The molecule has 1 amide bonds. The van der Waals surface area contributed by atoms with Gasteiger partial charge in [-0.2, -0.15) is 0 Å². The summed E-state index contributed by atoms with van der Waals surface area (Å²) in [4.78, 5) is 11.2. The molecule has 0 radical (unpaired) electrons. The second-order valence-electron chi connectivity index (χ2n) is 3.48. The highest BCUT2D eigenvalue weighted by molar-refractivity contribution is 5.85. The first-order valence-corrected chi connectivity index (χ1v) is 4.12. The largest absolute Gasteiger partial charge is 0.394 e. The molecule has 0 aliphatic rings. The van der Waals surface area contributed by atoms with Crippen LogP contribution >= 0.6 is 0 Å². The second kappa shape index (κ2) is 4.42. The van der Waals surface area contributed by atoms with Gasteiger partial charge in [-0.15, -0.1) is 0 Å². The summed E-state index contributed by atoms with van der Waals surface area (Å²) in [7, 11) is 0. The summed E-state index contributed by atoms with van der Waals surface area (Å²) >= 11 is 0. The molecule has 0 aliphatic heterocycles. The maximum Gasteiger partial charge on any atom is 0.239 e. The molecule has 0 rings (SSSR count). The lowest BCUT2D eigenvalue weighted by molar-refractivity contribution is -0.126. The monoisotopic (exact) mass is 174 g/mol. The lowest BCUT2D eigenvalue weighted by Crippen LogP contribution is -2.52. The Labute approximate surface area is 73.1 Å². The van der Waals surface area contributed by atoms with Crippen LogP contribution in [0.15, 0.2) is 0 Å². The lowest BCUT2D eigenvalue weighted by Gasteiger charge is -2.22. The summed E-state index contributed by atoms with van der Waals surface area (Å²) in [6.45, 7) is 5.11. The number of aliphatic hydroxyl groups is 1. The zero-order valence-electron chi connectivity index (χ0n) is 7.92. The van der Waals surface area contributed by atoms with E-state index < -0.39 is 5.54 Å². The van der Waals surface area contributed by atoms with Crippen molar-refractivity contribution in [3.8, 4) is 0 Å². The molecule has 0 saturated heterocycles. The number of rotatable bonds is 4. The number of carbonyl (C=O) groups excluding carboxylic acids is 1. The van der Waals surface area contributed by atoms with Gasteiger partial charge in [0, 0.05) is 0 Å². The van der Waals surface area contributed by atoms with Gasteiger partial charge in [0.1, 0.15) is 0 Å². The Hall–Kier alpha value is -0.610. The summed E-state index contributed by atoms with van der Waals surface area (Å²) < 4.78 is 0. The molecule has 0 fully saturated rings. The van der Waals surface area contributed by atoms with E-state index in [-0.39, 0.29) is 18.6 Å². The average molecular weight is 174 g/mol. The minimum atomic E-state index is -0.872. The predicted molar refractivity (Wildman–Crippen MR) is 47.6 cm³/mol. The van der Waals surface area contributed by atoms with Crippen LogP contribution in [0.5, 0.6) is 0 Å². The number of nitrogens with one attached hydrogen (secondary N) is 1. The van der Waals surface area contributed by atoms with Crippen molar-refractivity contribution in [1.29, 1.82) is 0 Å². The maximum atomic E-state index is 11.2. The van der Waals surface area contributed by atoms with Crippen molar-refractivity contribution < 1.29 is 9.90 Å². The summed E-state index contributed by atoms with van der Waals surface area (Å²) in [5.41, 5.74) is 4.67. The first-order chi connectivity index (χ1) is 5.41. The Morgan fingerprint density at radius 1 is 1.67 bits per heavy atom. The van der Waals surface area contributed by atoms with Gasteiger partial charge in [-0.25, -0.2) is 0 Å². The molecule has 0 heterocycles. The molecule has 0 unspecified atom stereocenters. The van der Waals surface area contributed by atoms with Crippen LogP contribution in [0.25, 0.3) is 0 Å². The normalized spacial score (nSPS) is 14.1. The number of amides is 1. The molecule has 0 aromatic carbocycles. The Morgan fingerprint density at radius 3 is 2.42 bits per heavy atom. The Kier molecular flexibility index (Phi) is 4.20. The van der Waals surface area contributed by atoms with Gasteiger partial charge in [0.15, 0.2) is 0 Å². The molecule has 0 aliphatic carbocycles. The molecule has 0 aromatic rings. The van der Waals surface area contributed by atoms with Gasteiger partial charge in [-0.1, -0.05) is 6.92 Å². The van der Waals surface area contributed by atoms with E-state index in [0.717, 1.165) is 0 Å². The SMILES string of the molecule is CC[C@H](CO)NC(=O)C(C)(C)N. The van der Waals surface area contributed by atoms with E-state index in [4.69, 9.17) is 10.8 Å². The minimum Gasteiger partial charge on any atom is -0.394 e. The third-order valence-corrected chi connectivity index (χ3v) is 1.63. The summed E-state index contributed by atoms with van der Waals surface area (Å²) in [6.07, 6.45) is 0.707. The molecule has 0 spiro atoms. The number of hydrogen-bond donors (Lipinski definition) is 3. The summed E-state index contributed by atoms with van der Waals surface area (Å²) in [6, 6.07) is -0.180. The molecule has 0 bridgehead atoms. The predicted octanol–water partition coefficient (Wildman–Crippen LogP) is -0.389. The smallest absolute Gasteiger partial charge is 0.239 e. The number of carbonyl (C=O) groups is 1. The third kappa shape index (κ3) is 3.69. The van der Waals surface area contributed by atoms with Gasteiger partial charge in [0.05, 0.1) is 18.2 Å². The highest BCUT2D eigenvalue weighted by Crippen LogP contribution is 1.98. The number of nitrogens with two attached hydrogens (primary N) is 1. The average Bonchev–Trinajstić information content (AvgIpc) is 1.97. The van der Waals surface area contributed by atoms with Crippen molar-refractivity contribution in [1.82, 2.24) is 5.32 Å². The summed E-state index contributed by atoms with van der Waals surface area (Å²) in [5.74, 6) is -0.233. The van der Waals surface area contributed by atoms with Gasteiger partial charge in [-0.3, -0.25) is 4.79 Å². The fraction of sp³-hybridized carbons (Fsp3) is 0.875. The van der Waals surface area contributed by atoms with Crippen LogP contribution in [0.2, 0.25) is 0 Å². The van der Waals surface area contributed by atoms with Crippen LogP contribution in [0, 0.1) is 0 Å². The Balaban J connectivity index is 3.99. The summed E-state index contributed by atoms with van der Waals surface area (Å²) in [5, 5.41) is 11.4. The van der Waals surface area contributed by atoms with Crippen molar-refractivity contribution in [3.05, 3.63) is 0 Å². The number of aliphatic hydroxyl groups excluding tert-OH is 1. The van der Waals surface area contributed by atoms with Crippen LogP contribution in [0.3, 0.4) is 0 Å². The van der Waals surface area contributed by atoms with E-state index in [9.17, 15) is 4.79 Å². The van der Waals surface area contributed by atoms with Gasteiger partial charge >= 0.3 is 0 Å². The van der Waals surface area contributed by atoms with Crippen LogP contribution in [0.4, 0.5) is 0 Å². The van der Waals surface area contributed by atoms with E-state index in [2.05, 4.69) is 5.32 Å². The van der Waals surface area contributed by atoms with Crippen molar-refractivity contribution in [2.45, 2.75) is 38.8 Å². The Bertz CT molecular complexity index is 148. The molecular formula is C8H18N2O2. The zero-order valence-corrected chi connectivity index (χ0v) is 7.92. The van der Waals surface area contributed by atoms with Crippen molar-refractivity contribution in [2.24, 2.45) is 5.73 Å². The first kappa shape index (κ1) is 11.4. The fourth-order valence-electron chi connectivity index (χ4n) is 0.648.